The second kappa shape index (κ2) is 5.72. The third-order valence-corrected chi connectivity index (χ3v) is 3.48. The summed E-state index contributed by atoms with van der Waals surface area (Å²) in [4.78, 5) is 0. The zero-order valence-corrected chi connectivity index (χ0v) is 11.2. The summed E-state index contributed by atoms with van der Waals surface area (Å²) in [6.45, 7) is 5.76. The Labute approximate surface area is 109 Å². The monoisotopic (exact) mass is 250 g/mol. The van der Waals surface area contributed by atoms with Gasteiger partial charge in [-0.2, -0.15) is 0 Å². The molecule has 0 aromatic heterocycles. The minimum absolute atomic E-state index is 0.133. The zero-order valence-electron chi connectivity index (χ0n) is 11.2. The fourth-order valence-corrected chi connectivity index (χ4v) is 2.07. The lowest BCUT2D eigenvalue weighted by molar-refractivity contribution is 0.0255. The minimum atomic E-state index is -0.227. The molecular formula is C15H22O3. The lowest BCUT2D eigenvalue weighted by Gasteiger charge is -2.26. The zero-order chi connectivity index (χ0) is 13.0. The van der Waals surface area contributed by atoms with Crippen molar-refractivity contribution in [2.75, 3.05) is 19.8 Å². The van der Waals surface area contributed by atoms with Crippen LogP contribution in [-0.2, 0) is 10.2 Å². The van der Waals surface area contributed by atoms with E-state index in [9.17, 15) is 5.11 Å². The van der Waals surface area contributed by atoms with E-state index in [-0.39, 0.29) is 18.1 Å². The highest BCUT2D eigenvalue weighted by molar-refractivity contribution is 5.33. The number of aliphatic hydroxyl groups is 1. The van der Waals surface area contributed by atoms with Gasteiger partial charge in [-0.3, -0.25) is 0 Å². The average molecular weight is 250 g/mol. The molecule has 0 spiro atoms. The Morgan fingerprint density at radius 1 is 1.33 bits per heavy atom. The first kappa shape index (κ1) is 13.4. The summed E-state index contributed by atoms with van der Waals surface area (Å²) < 4.78 is 11.3. The topological polar surface area (TPSA) is 38.7 Å². The van der Waals surface area contributed by atoms with E-state index >= 15 is 0 Å². The van der Waals surface area contributed by atoms with E-state index in [1.807, 2.05) is 38.1 Å². The molecule has 3 heteroatoms. The smallest absolute Gasteiger partial charge is 0.120 e. The lowest BCUT2D eigenvalue weighted by atomic mass is 9.85. The highest BCUT2D eigenvalue weighted by Gasteiger charge is 2.21. The van der Waals surface area contributed by atoms with Crippen molar-refractivity contribution in [2.24, 2.45) is 0 Å². The van der Waals surface area contributed by atoms with Crippen LogP contribution in [0.3, 0.4) is 0 Å². The molecule has 1 saturated heterocycles. The van der Waals surface area contributed by atoms with Crippen LogP contribution in [0.15, 0.2) is 24.3 Å². The molecule has 0 aliphatic carbocycles. The maximum absolute atomic E-state index is 9.40. The second-order valence-corrected chi connectivity index (χ2v) is 5.50. The van der Waals surface area contributed by atoms with Crippen LogP contribution in [0, 0.1) is 0 Å². The minimum Gasteiger partial charge on any atom is -0.490 e. The molecule has 0 bridgehead atoms. The Bertz CT molecular complexity index is 381. The molecule has 100 valence electrons. The first-order valence-corrected chi connectivity index (χ1v) is 6.57. The van der Waals surface area contributed by atoms with Gasteiger partial charge in [-0.25, -0.2) is 0 Å². The van der Waals surface area contributed by atoms with Gasteiger partial charge in [0.15, 0.2) is 0 Å². The fraction of sp³-hybridized carbons (Fsp3) is 0.600. The molecule has 0 atom stereocenters. The standard InChI is InChI=1S/C15H22O3/c1-15(2,11-16)12-4-3-5-14(10-12)18-13-6-8-17-9-7-13/h3-5,10,13,16H,6-9,11H2,1-2H3. The molecule has 1 aliphatic rings. The highest BCUT2D eigenvalue weighted by Crippen LogP contribution is 2.27. The van der Waals surface area contributed by atoms with E-state index < -0.39 is 0 Å². The van der Waals surface area contributed by atoms with Gasteiger partial charge in [0.25, 0.3) is 0 Å². The van der Waals surface area contributed by atoms with E-state index in [1.54, 1.807) is 0 Å². The number of benzene rings is 1. The largest absolute Gasteiger partial charge is 0.490 e. The van der Waals surface area contributed by atoms with Crippen LogP contribution >= 0.6 is 0 Å². The Morgan fingerprint density at radius 3 is 2.72 bits per heavy atom. The van der Waals surface area contributed by atoms with Gasteiger partial charge in [-0.05, 0) is 17.7 Å². The Kier molecular flexibility index (Phi) is 4.25. The van der Waals surface area contributed by atoms with Crippen LogP contribution in [0.25, 0.3) is 0 Å². The number of ether oxygens (including phenoxy) is 2. The van der Waals surface area contributed by atoms with Crippen LogP contribution in [-0.4, -0.2) is 31.0 Å². The quantitative estimate of drug-likeness (QED) is 0.892. The van der Waals surface area contributed by atoms with Crippen molar-refractivity contribution in [1.82, 2.24) is 0 Å². The van der Waals surface area contributed by atoms with Crippen molar-refractivity contribution >= 4 is 0 Å². The molecule has 0 saturated carbocycles. The Hall–Kier alpha value is -1.06. The van der Waals surface area contributed by atoms with E-state index in [0.29, 0.717) is 0 Å². The van der Waals surface area contributed by atoms with E-state index in [2.05, 4.69) is 0 Å². The average Bonchev–Trinajstić information content (AvgIpc) is 2.40. The Morgan fingerprint density at radius 2 is 2.06 bits per heavy atom. The second-order valence-electron chi connectivity index (χ2n) is 5.50. The number of hydrogen-bond acceptors (Lipinski definition) is 3. The predicted molar refractivity (Wildman–Crippen MR) is 71.0 cm³/mol. The molecular weight excluding hydrogens is 228 g/mol. The molecule has 0 unspecified atom stereocenters. The molecule has 1 aliphatic heterocycles. The molecule has 1 aromatic carbocycles. The van der Waals surface area contributed by atoms with Crippen LogP contribution in [0.1, 0.15) is 32.3 Å². The molecule has 2 rings (SSSR count). The summed E-state index contributed by atoms with van der Waals surface area (Å²) in [6.07, 6.45) is 2.16. The molecule has 1 N–H and O–H groups in total. The highest BCUT2D eigenvalue weighted by atomic mass is 16.5. The van der Waals surface area contributed by atoms with Gasteiger partial charge in [-0.1, -0.05) is 26.0 Å². The van der Waals surface area contributed by atoms with Gasteiger partial charge in [0.2, 0.25) is 0 Å². The van der Waals surface area contributed by atoms with E-state index in [4.69, 9.17) is 9.47 Å². The molecule has 18 heavy (non-hydrogen) atoms. The van der Waals surface area contributed by atoms with Gasteiger partial charge < -0.3 is 14.6 Å². The molecule has 1 aromatic rings. The summed E-state index contributed by atoms with van der Waals surface area (Å²) in [5.41, 5.74) is 0.879. The van der Waals surface area contributed by atoms with E-state index in [1.165, 1.54) is 0 Å². The van der Waals surface area contributed by atoms with Crippen molar-refractivity contribution in [3.63, 3.8) is 0 Å². The molecule has 3 nitrogen and oxygen atoms in total. The third kappa shape index (κ3) is 3.24. The van der Waals surface area contributed by atoms with Crippen LogP contribution in [0.2, 0.25) is 0 Å². The molecule has 1 heterocycles. The number of aliphatic hydroxyl groups excluding tert-OH is 1. The van der Waals surface area contributed by atoms with E-state index in [0.717, 1.165) is 37.4 Å². The van der Waals surface area contributed by atoms with Crippen molar-refractivity contribution in [3.05, 3.63) is 29.8 Å². The van der Waals surface area contributed by atoms with Crippen LogP contribution < -0.4 is 4.74 Å². The van der Waals surface area contributed by atoms with Crippen LogP contribution in [0.4, 0.5) is 0 Å². The summed E-state index contributed by atoms with van der Waals surface area (Å²) >= 11 is 0. The van der Waals surface area contributed by atoms with Gasteiger partial charge in [-0.15, -0.1) is 0 Å². The SMILES string of the molecule is CC(C)(CO)c1cccc(OC2CCOCC2)c1. The first-order chi connectivity index (χ1) is 8.62. The van der Waals surface area contributed by atoms with Gasteiger partial charge in [0.05, 0.1) is 19.8 Å². The van der Waals surface area contributed by atoms with Crippen molar-refractivity contribution in [3.8, 4) is 5.75 Å². The normalized spacial score (nSPS) is 17.7. The van der Waals surface area contributed by atoms with Crippen LogP contribution in [0.5, 0.6) is 5.75 Å². The predicted octanol–water partition coefficient (Wildman–Crippen LogP) is 2.51. The van der Waals surface area contributed by atoms with Gasteiger partial charge >= 0.3 is 0 Å². The lowest BCUT2D eigenvalue weighted by Crippen LogP contribution is -2.26. The first-order valence-electron chi connectivity index (χ1n) is 6.57. The van der Waals surface area contributed by atoms with Gasteiger partial charge in [0.1, 0.15) is 11.9 Å². The summed E-state index contributed by atoms with van der Waals surface area (Å²) in [7, 11) is 0. The van der Waals surface area contributed by atoms with Crippen molar-refractivity contribution < 1.29 is 14.6 Å². The third-order valence-electron chi connectivity index (χ3n) is 3.48. The molecule has 0 radical (unpaired) electrons. The van der Waals surface area contributed by atoms with Crippen molar-refractivity contribution in [1.29, 1.82) is 0 Å². The molecule has 1 fully saturated rings. The maximum atomic E-state index is 9.40. The number of hydrogen-bond donors (Lipinski definition) is 1. The summed E-state index contributed by atoms with van der Waals surface area (Å²) in [5.74, 6) is 0.890. The van der Waals surface area contributed by atoms with Gasteiger partial charge in [0, 0.05) is 18.3 Å². The van der Waals surface area contributed by atoms with Crippen molar-refractivity contribution in [2.45, 2.75) is 38.2 Å². The summed E-state index contributed by atoms with van der Waals surface area (Å²) in [6, 6.07) is 8.03. The maximum Gasteiger partial charge on any atom is 0.120 e. The number of rotatable bonds is 4. The molecule has 0 amide bonds. The Balaban J connectivity index is 2.07. The summed E-state index contributed by atoms with van der Waals surface area (Å²) in [5, 5.41) is 9.40. The fourth-order valence-electron chi connectivity index (χ4n) is 2.07.